The van der Waals surface area contributed by atoms with Gasteiger partial charge in [0, 0.05) is 19.3 Å². The minimum absolute atomic E-state index is 0.431. The maximum absolute atomic E-state index is 12.1. The normalized spacial score (nSPS) is 12.7. The van der Waals surface area contributed by atoms with Gasteiger partial charge in [0.05, 0.1) is 54.9 Å². The van der Waals surface area contributed by atoms with Crippen molar-refractivity contribution < 1.29 is 18.2 Å². The van der Waals surface area contributed by atoms with E-state index in [1.807, 2.05) is 6.92 Å². The van der Waals surface area contributed by atoms with Gasteiger partial charge in [-0.1, -0.05) is 124 Å². The molecule has 4 nitrogen and oxygen atoms in total. The zero-order valence-corrected chi connectivity index (χ0v) is 31.5. The highest BCUT2D eigenvalue weighted by Crippen LogP contribution is 2.16. The Hall–Kier alpha value is -0.450. The molecule has 0 saturated carbocycles. The lowest BCUT2D eigenvalue weighted by molar-refractivity contribution is -0.977. The first-order valence-electron chi connectivity index (χ1n) is 19.5. The monoisotopic (exact) mass is 611 g/mol. The van der Waals surface area contributed by atoms with Crippen molar-refractivity contribution in [2.24, 2.45) is 0 Å². The summed E-state index contributed by atoms with van der Waals surface area (Å²) < 4.78 is 3.39. The van der Waals surface area contributed by atoms with E-state index >= 15 is 0 Å². The molecule has 0 aromatic heterocycles. The molecule has 0 atom stereocenters. The lowest BCUT2D eigenvalue weighted by Gasteiger charge is -2.40. The lowest BCUT2D eigenvalue weighted by atomic mass is 10.1. The predicted molar refractivity (Wildman–Crippen MR) is 193 cm³/mol. The van der Waals surface area contributed by atoms with Crippen LogP contribution in [0.2, 0.25) is 0 Å². The van der Waals surface area contributed by atoms with Crippen LogP contribution in [0.4, 0.5) is 0 Å². The third kappa shape index (κ3) is 27.6. The van der Waals surface area contributed by atoms with Gasteiger partial charge in [0.1, 0.15) is 32.0 Å². The van der Waals surface area contributed by atoms with Crippen molar-refractivity contribution in [3.05, 3.63) is 0 Å². The molecule has 0 aliphatic heterocycles. The van der Waals surface area contributed by atoms with Crippen molar-refractivity contribution in [2.45, 2.75) is 168 Å². The Morgan fingerprint density at radius 1 is 0.372 bits per heavy atom. The summed E-state index contributed by atoms with van der Waals surface area (Å²) in [6, 6.07) is 0. The highest BCUT2D eigenvalue weighted by molar-refractivity contribution is 5.77. The van der Waals surface area contributed by atoms with Gasteiger partial charge in [-0.25, -0.2) is 0 Å². The zero-order valence-electron chi connectivity index (χ0n) is 31.5. The number of carbonyl (C=O) groups excluding carboxylic acids is 1. The molecule has 0 spiro atoms. The molecule has 258 valence electrons. The molecule has 0 aliphatic rings. The molecule has 0 N–H and O–H groups in total. The smallest absolute Gasteiger partial charge is 0.132 e. The number of carbonyl (C=O) groups is 1. The number of hydrogen-bond donors (Lipinski definition) is 0. The number of unbranched alkanes of at least 4 members (excludes halogenated alkanes) is 18. The fraction of sp³-hybridized carbons (Fsp3) is 0.974. The first-order chi connectivity index (χ1) is 20.5. The van der Waals surface area contributed by atoms with Crippen LogP contribution in [0, 0.1) is 0 Å². The van der Waals surface area contributed by atoms with E-state index in [4.69, 9.17) is 0 Å². The number of rotatable bonds is 33. The zero-order chi connectivity index (χ0) is 32.3. The second kappa shape index (κ2) is 26.7. The first-order valence-corrected chi connectivity index (χ1v) is 19.5. The van der Waals surface area contributed by atoms with Crippen LogP contribution in [0.15, 0.2) is 0 Å². The minimum Gasteiger partial charge on any atom is -0.324 e. The van der Waals surface area contributed by atoms with E-state index in [1.165, 1.54) is 168 Å². The van der Waals surface area contributed by atoms with E-state index in [0.29, 0.717) is 12.2 Å². The van der Waals surface area contributed by atoms with Crippen LogP contribution in [0.5, 0.6) is 0 Å². The average molecular weight is 611 g/mol. The van der Waals surface area contributed by atoms with Crippen molar-refractivity contribution in [2.75, 3.05) is 81.1 Å². The molecule has 0 saturated heterocycles. The molecule has 0 aromatic carbocycles. The molecule has 0 rings (SSSR count). The average Bonchev–Trinajstić information content (AvgIpc) is 2.97. The largest absolute Gasteiger partial charge is 0.324 e. The maximum Gasteiger partial charge on any atom is 0.132 e. The number of quaternary nitrogens is 3. The lowest BCUT2D eigenvalue weighted by Crippen LogP contribution is -2.57. The van der Waals surface area contributed by atoms with Crippen molar-refractivity contribution >= 4 is 5.78 Å². The van der Waals surface area contributed by atoms with Crippen LogP contribution in [0.25, 0.3) is 0 Å². The quantitative estimate of drug-likeness (QED) is 0.0534. The maximum atomic E-state index is 12.1. The standard InChI is InChI=1S/C39H84N3O/c1-9-12-14-16-18-20-22-24-26-28-32-40(4,5)35-37-42(8,34-30-31-39(43)11-3)38-36-41(6,7)33-29-27-25-23-21-19-17-15-13-10-2/h9-38H2,1-8H3/q+3. The van der Waals surface area contributed by atoms with Crippen molar-refractivity contribution in [3.8, 4) is 0 Å². The summed E-state index contributed by atoms with van der Waals surface area (Å²) >= 11 is 0. The Morgan fingerprint density at radius 2 is 0.698 bits per heavy atom. The highest BCUT2D eigenvalue weighted by atomic mass is 16.1. The van der Waals surface area contributed by atoms with Crippen LogP contribution >= 0.6 is 0 Å². The topological polar surface area (TPSA) is 17.1 Å². The fourth-order valence-electron chi connectivity index (χ4n) is 6.47. The third-order valence-electron chi connectivity index (χ3n) is 10.3. The van der Waals surface area contributed by atoms with E-state index in [9.17, 15) is 4.79 Å². The van der Waals surface area contributed by atoms with Gasteiger partial charge >= 0.3 is 0 Å². The van der Waals surface area contributed by atoms with Crippen molar-refractivity contribution in [1.82, 2.24) is 0 Å². The Kier molecular flexibility index (Phi) is 26.5. The van der Waals surface area contributed by atoms with Gasteiger partial charge < -0.3 is 13.4 Å². The van der Waals surface area contributed by atoms with E-state index < -0.39 is 0 Å². The third-order valence-corrected chi connectivity index (χ3v) is 10.3. The Morgan fingerprint density at radius 3 is 1.02 bits per heavy atom. The molecule has 0 aliphatic carbocycles. The molecule has 4 heteroatoms. The highest BCUT2D eigenvalue weighted by Gasteiger charge is 2.29. The summed E-state index contributed by atoms with van der Waals surface area (Å²) in [5.74, 6) is 0.431. The summed E-state index contributed by atoms with van der Waals surface area (Å²) in [6.45, 7) is 15.3. The molecule has 0 aromatic rings. The summed E-state index contributed by atoms with van der Waals surface area (Å²) in [5, 5.41) is 0. The van der Waals surface area contributed by atoms with Crippen LogP contribution in [0.1, 0.15) is 168 Å². The van der Waals surface area contributed by atoms with Crippen molar-refractivity contribution in [3.63, 3.8) is 0 Å². The van der Waals surface area contributed by atoms with Crippen LogP contribution in [-0.4, -0.2) is 100 Å². The van der Waals surface area contributed by atoms with Crippen LogP contribution < -0.4 is 0 Å². The summed E-state index contributed by atoms with van der Waals surface area (Å²) in [5.41, 5.74) is 0. The van der Waals surface area contributed by atoms with E-state index in [-0.39, 0.29) is 0 Å². The van der Waals surface area contributed by atoms with E-state index in [0.717, 1.165) is 32.8 Å². The SMILES string of the molecule is CCCCCCCCCCCC[N+](C)(C)CC[N+](C)(CCCC(=O)CC)CC[N+](C)(C)CCCCCCCCCCCC. The predicted octanol–water partition coefficient (Wildman–Crippen LogP) is 10.2. The number of likely N-dealkylation sites (N-methyl/N-ethyl adjacent to an activating group) is 3. The molecule has 0 radical (unpaired) electrons. The van der Waals surface area contributed by atoms with Gasteiger partial charge in [-0.2, -0.15) is 0 Å². The van der Waals surface area contributed by atoms with Crippen LogP contribution in [0.3, 0.4) is 0 Å². The van der Waals surface area contributed by atoms with Crippen LogP contribution in [-0.2, 0) is 4.79 Å². The first kappa shape index (κ1) is 42.6. The molecular formula is C39H84N3O+3. The summed E-state index contributed by atoms with van der Waals surface area (Å²) in [7, 11) is 12.3. The number of nitrogens with zero attached hydrogens (tertiary/aromatic N) is 3. The minimum atomic E-state index is 0.431. The Labute approximate surface area is 273 Å². The molecule has 0 bridgehead atoms. The Bertz CT molecular complexity index is 590. The molecule has 0 amide bonds. The number of ketones is 1. The van der Waals surface area contributed by atoms with Crippen molar-refractivity contribution in [1.29, 1.82) is 0 Å². The number of hydrogen-bond acceptors (Lipinski definition) is 1. The molecule has 0 fully saturated rings. The number of Topliss-reactive ketones (excluding diaryl/α,β-unsaturated/α-hetero) is 1. The molecular weight excluding hydrogens is 526 g/mol. The van der Waals surface area contributed by atoms with Gasteiger partial charge in [0.15, 0.2) is 0 Å². The van der Waals surface area contributed by atoms with Gasteiger partial charge in [-0.05, 0) is 25.7 Å². The van der Waals surface area contributed by atoms with E-state index in [1.54, 1.807) is 0 Å². The second-order valence-corrected chi connectivity index (χ2v) is 15.9. The Balaban J connectivity index is 4.51. The second-order valence-electron chi connectivity index (χ2n) is 15.9. The summed E-state index contributed by atoms with van der Waals surface area (Å²) in [6.07, 6.45) is 30.7. The molecule has 43 heavy (non-hydrogen) atoms. The van der Waals surface area contributed by atoms with Gasteiger partial charge in [0.2, 0.25) is 0 Å². The van der Waals surface area contributed by atoms with Gasteiger partial charge in [0.25, 0.3) is 0 Å². The van der Waals surface area contributed by atoms with Gasteiger partial charge in [-0.15, -0.1) is 0 Å². The van der Waals surface area contributed by atoms with E-state index in [2.05, 4.69) is 49.1 Å². The van der Waals surface area contributed by atoms with Gasteiger partial charge in [-0.3, -0.25) is 4.79 Å². The summed E-state index contributed by atoms with van der Waals surface area (Å²) in [4.78, 5) is 12.1. The molecule has 0 heterocycles. The fourth-order valence-corrected chi connectivity index (χ4v) is 6.47. The molecule has 0 unspecified atom stereocenters.